The Morgan fingerprint density at radius 2 is 2.00 bits per heavy atom. The lowest BCUT2D eigenvalue weighted by molar-refractivity contribution is -0.384. The molecule has 0 spiro atoms. The Balaban J connectivity index is 1.89. The van der Waals surface area contributed by atoms with Crippen LogP contribution in [0.25, 0.3) is 22.6 Å². The number of fused-ring (bicyclic) bond motifs is 1. The van der Waals surface area contributed by atoms with Gasteiger partial charge in [0.25, 0.3) is 5.69 Å². The molecule has 0 aliphatic carbocycles. The molecule has 9 heteroatoms. The van der Waals surface area contributed by atoms with Crippen LogP contribution < -0.4 is 5.43 Å². The molecule has 0 radical (unpaired) electrons. The zero-order valence-electron chi connectivity index (χ0n) is 14.6. The number of benzene rings is 2. The van der Waals surface area contributed by atoms with Gasteiger partial charge in [-0.05, 0) is 47.5 Å². The largest absolute Gasteiger partial charge is 0.463 e. The molecule has 0 unspecified atom stereocenters. The maximum absolute atomic E-state index is 12.9. The van der Waals surface area contributed by atoms with Crippen LogP contribution in [-0.2, 0) is 0 Å². The van der Waals surface area contributed by atoms with Crippen LogP contribution >= 0.6 is 0 Å². The Kier molecular flexibility index (Phi) is 4.24. The van der Waals surface area contributed by atoms with E-state index in [1.165, 1.54) is 18.4 Å². The van der Waals surface area contributed by atoms with Gasteiger partial charge in [0.15, 0.2) is 5.43 Å². The zero-order chi connectivity index (χ0) is 19.7. The van der Waals surface area contributed by atoms with Crippen molar-refractivity contribution in [2.75, 3.05) is 0 Å². The fraction of sp³-hybridized carbons (Fsp3) is 0.0526. The van der Waals surface area contributed by atoms with Crippen LogP contribution in [0.4, 0.5) is 5.69 Å². The molecule has 1 N–H and O–H groups in total. The van der Waals surface area contributed by atoms with Crippen LogP contribution in [0.2, 0.25) is 0 Å². The molecule has 4 rings (SSSR count). The van der Waals surface area contributed by atoms with Crippen LogP contribution in [-0.4, -0.2) is 25.5 Å². The van der Waals surface area contributed by atoms with Gasteiger partial charge in [0.05, 0.1) is 15.9 Å². The summed E-state index contributed by atoms with van der Waals surface area (Å²) in [7, 11) is 0. The summed E-state index contributed by atoms with van der Waals surface area (Å²) in [6.45, 7) is 1.86. The lowest BCUT2D eigenvalue weighted by Gasteiger charge is -2.05. The SMILES string of the molecule is Cc1cccc2c(=O)c(/C=C(/c3ccc([N+](=O)[O-])cc3)c3nn[nH]n3)coc12. The van der Waals surface area contributed by atoms with E-state index in [1.807, 2.05) is 13.0 Å². The molecule has 138 valence electrons. The smallest absolute Gasteiger partial charge is 0.269 e. The van der Waals surface area contributed by atoms with E-state index in [2.05, 4.69) is 20.6 Å². The molecule has 0 bridgehead atoms. The van der Waals surface area contributed by atoms with Gasteiger partial charge >= 0.3 is 0 Å². The Morgan fingerprint density at radius 3 is 2.68 bits per heavy atom. The van der Waals surface area contributed by atoms with Crippen LogP contribution in [0, 0.1) is 17.0 Å². The predicted molar refractivity (Wildman–Crippen MR) is 101 cm³/mol. The van der Waals surface area contributed by atoms with Crippen molar-refractivity contribution in [3.63, 3.8) is 0 Å². The minimum absolute atomic E-state index is 0.0445. The average molecular weight is 375 g/mol. The Labute approximate surface area is 157 Å². The number of aryl methyl sites for hydroxylation is 1. The summed E-state index contributed by atoms with van der Waals surface area (Å²) in [5.41, 5.74) is 2.51. The summed E-state index contributed by atoms with van der Waals surface area (Å²) in [6, 6.07) is 11.2. The molecular formula is C19H13N5O4. The van der Waals surface area contributed by atoms with Crippen molar-refractivity contribution in [3.8, 4) is 0 Å². The number of hydrogen-bond acceptors (Lipinski definition) is 7. The van der Waals surface area contributed by atoms with E-state index < -0.39 is 4.92 Å². The highest BCUT2D eigenvalue weighted by Gasteiger charge is 2.15. The minimum Gasteiger partial charge on any atom is -0.463 e. The molecule has 0 aliphatic rings. The number of nitrogens with zero attached hydrogens (tertiary/aromatic N) is 4. The van der Waals surface area contributed by atoms with E-state index in [1.54, 1.807) is 30.3 Å². The summed E-state index contributed by atoms with van der Waals surface area (Å²) in [5.74, 6) is 0.248. The van der Waals surface area contributed by atoms with Crippen molar-refractivity contribution < 1.29 is 9.34 Å². The van der Waals surface area contributed by atoms with Gasteiger partial charge in [-0.25, -0.2) is 0 Å². The van der Waals surface area contributed by atoms with Crippen molar-refractivity contribution in [1.29, 1.82) is 0 Å². The van der Waals surface area contributed by atoms with E-state index in [0.717, 1.165) is 5.56 Å². The number of aromatic nitrogens is 4. The van der Waals surface area contributed by atoms with Gasteiger partial charge in [-0.1, -0.05) is 12.1 Å². The second kappa shape index (κ2) is 6.88. The van der Waals surface area contributed by atoms with Gasteiger partial charge in [0.1, 0.15) is 11.8 Å². The lowest BCUT2D eigenvalue weighted by atomic mass is 10.0. The quantitative estimate of drug-likeness (QED) is 0.429. The van der Waals surface area contributed by atoms with Gasteiger partial charge in [0, 0.05) is 17.7 Å². The van der Waals surface area contributed by atoms with E-state index in [0.29, 0.717) is 27.7 Å². The molecule has 28 heavy (non-hydrogen) atoms. The summed E-state index contributed by atoms with van der Waals surface area (Å²) in [6.07, 6.45) is 2.96. The van der Waals surface area contributed by atoms with Crippen LogP contribution in [0.3, 0.4) is 0 Å². The third kappa shape index (κ3) is 3.05. The molecule has 0 aliphatic heterocycles. The van der Waals surface area contributed by atoms with Gasteiger partial charge in [-0.2, -0.15) is 5.21 Å². The van der Waals surface area contributed by atoms with Crippen LogP contribution in [0.5, 0.6) is 0 Å². The second-order valence-corrected chi connectivity index (χ2v) is 6.07. The fourth-order valence-electron chi connectivity index (χ4n) is 2.89. The maximum Gasteiger partial charge on any atom is 0.269 e. The Bertz CT molecular complexity index is 1260. The first-order valence-corrected chi connectivity index (χ1v) is 8.26. The molecular weight excluding hydrogens is 362 g/mol. The number of nitro groups is 1. The molecule has 2 heterocycles. The molecule has 2 aromatic carbocycles. The number of nitro benzene ring substituents is 1. The van der Waals surface area contributed by atoms with Crippen LogP contribution in [0.15, 0.2) is 57.9 Å². The minimum atomic E-state index is -0.484. The summed E-state index contributed by atoms with van der Waals surface area (Å²) >= 11 is 0. The molecule has 0 atom stereocenters. The highest BCUT2D eigenvalue weighted by molar-refractivity contribution is 5.90. The standard InChI is InChI=1S/C19H13N5O4/c1-11-3-2-4-15-17(25)13(10-28-18(11)15)9-16(19-20-22-23-21-19)12-5-7-14(8-6-12)24(26)27/h2-10H,1H3,(H,20,21,22,23)/b16-9-. The maximum atomic E-state index is 12.9. The molecule has 2 aromatic heterocycles. The van der Waals surface area contributed by atoms with Crippen molar-refractivity contribution in [2.24, 2.45) is 0 Å². The van der Waals surface area contributed by atoms with Crippen molar-refractivity contribution >= 4 is 28.3 Å². The fourth-order valence-corrected chi connectivity index (χ4v) is 2.89. The van der Waals surface area contributed by atoms with Crippen LogP contribution in [0.1, 0.15) is 22.5 Å². The molecule has 0 fully saturated rings. The average Bonchev–Trinajstić information content (AvgIpc) is 3.23. The molecule has 0 amide bonds. The number of non-ortho nitro benzene ring substituents is 1. The second-order valence-electron chi connectivity index (χ2n) is 6.07. The first kappa shape index (κ1) is 17.3. The molecule has 0 saturated carbocycles. The number of hydrogen-bond donors (Lipinski definition) is 1. The number of para-hydroxylation sites is 1. The Morgan fingerprint density at radius 1 is 1.21 bits per heavy atom. The van der Waals surface area contributed by atoms with Gasteiger partial charge in [-0.3, -0.25) is 14.9 Å². The molecule has 9 nitrogen and oxygen atoms in total. The predicted octanol–water partition coefficient (Wildman–Crippen LogP) is 3.11. The first-order chi connectivity index (χ1) is 13.5. The summed E-state index contributed by atoms with van der Waals surface area (Å²) < 4.78 is 5.66. The summed E-state index contributed by atoms with van der Waals surface area (Å²) in [5, 5.41) is 25.2. The number of H-pyrrole nitrogens is 1. The molecule has 0 saturated heterocycles. The third-order valence-electron chi connectivity index (χ3n) is 4.30. The van der Waals surface area contributed by atoms with E-state index in [9.17, 15) is 14.9 Å². The number of aromatic amines is 1. The lowest BCUT2D eigenvalue weighted by Crippen LogP contribution is -2.06. The number of tetrazole rings is 1. The highest BCUT2D eigenvalue weighted by Crippen LogP contribution is 2.25. The van der Waals surface area contributed by atoms with Crippen molar-refractivity contribution in [2.45, 2.75) is 6.92 Å². The van der Waals surface area contributed by atoms with Gasteiger partial charge in [0.2, 0.25) is 5.82 Å². The number of nitrogens with one attached hydrogen (secondary N) is 1. The zero-order valence-corrected chi connectivity index (χ0v) is 14.6. The first-order valence-electron chi connectivity index (χ1n) is 8.26. The molecule has 4 aromatic rings. The van der Waals surface area contributed by atoms with Crippen molar-refractivity contribution in [3.05, 3.63) is 91.6 Å². The highest BCUT2D eigenvalue weighted by atomic mass is 16.6. The topological polar surface area (TPSA) is 128 Å². The van der Waals surface area contributed by atoms with Crippen molar-refractivity contribution in [1.82, 2.24) is 20.6 Å². The number of rotatable bonds is 4. The monoisotopic (exact) mass is 375 g/mol. The van der Waals surface area contributed by atoms with Gasteiger partial charge in [-0.15, -0.1) is 10.2 Å². The normalized spacial score (nSPS) is 11.7. The third-order valence-corrected chi connectivity index (χ3v) is 4.30. The van der Waals surface area contributed by atoms with E-state index in [4.69, 9.17) is 4.42 Å². The Hall–Kier alpha value is -4.14. The summed E-state index contributed by atoms with van der Waals surface area (Å²) in [4.78, 5) is 23.3. The van der Waals surface area contributed by atoms with E-state index in [-0.39, 0.29) is 16.9 Å². The van der Waals surface area contributed by atoms with Gasteiger partial charge < -0.3 is 4.42 Å². The van der Waals surface area contributed by atoms with E-state index >= 15 is 0 Å².